The monoisotopic (exact) mass is 270 g/mol. The third kappa shape index (κ3) is 1.45. The van der Waals surface area contributed by atoms with Gasteiger partial charge in [0.2, 0.25) is 0 Å². The van der Waals surface area contributed by atoms with Crippen molar-refractivity contribution in [2.75, 3.05) is 0 Å². The Hall–Kier alpha value is -1.45. The molecule has 20 heavy (non-hydrogen) atoms. The number of aromatic nitrogens is 4. The number of rotatable bonds is 2. The van der Waals surface area contributed by atoms with Crippen LogP contribution in [0.1, 0.15) is 36.6 Å². The summed E-state index contributed by atoms with van der Waals surface area (Å²) in [6.07, 6.45) is 1.45. The fourth-order valence-electron chi connectivity index (χ4n) is 4.25. The minimum absolute atomic E-state index is 0.818. The Balaban J connectivity index is 2.40. The summed E-state index contributed by atoms with van der Waals surface area (Å²) >= 11 is 0. The molecule has 0 spiro atoms. The van der Waals surface area contributed by atoms with E-state index >= 15 is 0 Å². The summed E-state index contributed by atoms with van der Waals surface area (Å²) in [5.41, 5.74) is 5.29. The van der Waals surface area contributed by atoms with Gasteiger partial charge in [-0.3, -0.25) is 0 Å². The van der Waals surface area contributed by atoms with Crippen LogP contribution < -0.4 is 9.19 Å². The summed E-state index contributed by atoms with van der Waals surface area (Å²) in [5, 5.41) is 0. The van der Waals surface area contributed by atoms with Crippen molar-refractivity contribution in [2.45, 2.75) is 54.2 Å². The van der Waals surface area contributed by atoms with Gasteiger partial charge in [-0.1, -0.05) is 13.8 Å². The molecule has 6 heteroatoms. The predicted octanol–water partition coefficient (Wildman–Crippen LogP) is 1.22. The van der Waals surface area contributed by atoms with E-state index in [2.05, 4.69) is 79.6 Å². The van der Waals surface area contributed by atoms with Gasteiger partial charge in [0.25, 0.3) is 6.42 Å². The zero-order valence-corrected chi connectivity index (χ0v) is 13.5. The van der Waals surface area contributed by atoms with Gasteiger partial charge in [0.15, 0.2) is 0 Å². The second kappa shape index (κ2) is 4.27. The molecule has 0 aromatic carbocycles. The topological polar surface area (TPSA) is 17.6 Å². The Bertz CT molecular complexity index is 626. The molecule has 4 nitrogen and oxygen atoms in total. The SMILES string of the molecule is CC[B-]1(CC)n2c(C)cc(C)[n+]2[B-][n+]2c(C)cc(C)n21. The summed E-state index contributed by atoms with van der Waals surface area (Å²) in [6, 6.07) is 4.58. The lowest BCUT2D eigenvalue weighted by Gasteiger charge is -2.45. The van der Waals surface area contributed by atoms with E-state index in [1.54, 1.807) is 0 Å². The van der Waals surface area contributed by atoms with E-state index in [0.717, 1.165) is 12.6 Å². The molecule has 0 bridgehead atoms. The smallest absolute Gasteiger partial charge is 0.351 e. The third-order valence-electron chi connectivity index (χ3n) is 5.18. The molecule has 0 amide bonds. The van der Waals surface area contributed by atoms with E-state index < -0.39 is 6.42 Å². The maximum Gasteiger partial charge on any atom is 0.567 e. The standard InChI is InChI=1S/C14H24B2N4/c1-7-16(8-2)19-13(5)9-11(3)17(19)15-18-12(4)10-14(6)20(16)18/h9-10H,7-8H2,1-6H3. The summed E-state index contributed by atoms with van der Waals surface area (Å²) in [6.45, 7) is 13.4. The van der Waals surface area contributed by atoms with Crippen LogP contribution in [0.5, 0.6) is 0 Å². The van der Waals surface area contributed by atoms with Crippen LogP contribution in [0.15, 0.2) is 12.1 Å². The summed E-state index contributed by atoms with van der Waals surface area (Å²) in [4.78, 5) is 0. The maximum atomic E-state index is 2.52. The molecule has 0 atom stereocenters. The van der Waals surface area contributed by atoms with Crippen molar-refractivity contribution in [3.63, 3.8) is 0 Å². The van der Waals surface area contributed by atoms with E-state index in [4.69, 9.17) is 0 Å². The highest BCUT2D eigenvalue weighted by Gasteiger charge is 2.42. The molecule has 0 aliphatic carbocycles. The first-order valence-corrected chi connectivity index (χ1v) is 7.71. The van der Waals surface area contributed by atoms with Crippen molar-refractivity contribution >= 4 is 14.0 Å². The lowest BCUT2D eigenvalue weighted by Crippen LogP contribution is -2.82. The molecule has 1 aliphatic rings. The van der Waals surface area contributed by atoms with Crippen molar-refractivity contribution in [2.24, 2.45) is 0 Å². The number of nitrogens with zero attached hydrogens (tertiary/aromatic N) is 4. The van der Waals surface area contributed by atoms with Crippen molar-refractivity contribution in [3.8, 4) is 0 Å². The number of fused-ring (bicyclic) bond motifs is 2. The summed E-state index contributed by atoms with van der Waals surface area (Å²) in [5.74, 6) is 0. The molecule has 2 aromatic heterocycles. The first kappa shape index (κ1) is 13.5. The van der Waals surface area contributed by atoms with Crippen LogP contribution in [0.25, 0.3) is 0 Å². The number of aryl methyl sites for hydroxylation is 4. The largest absolute Gasteiger partial charge is 0.567 e. The minimum Gasteiger partial charge on any atom is -0.351 e. The maximum absolute atomic E-state index is 2.52. The fraction of sp³-hybridized carbons (Fsp3) is 0.571. The van der Waals surface area contributed by atoms with Gasteiger partial charge in [0.1, 0.15) is 11.4 Å². The summed E-state index contributed by atoms with van der Waals surface area (Å²) in [7, 11) is 2.22. The molecule has 2 radical (unpaired) electrons. The van der Waals surface area contributed by atoms with E-state index in [1.807, 2.05) is 0 Å². The van der Waals surface area contributed by atoms with Gasteiger partial charge in [-0.25, -0.2) is 0 Å². The molecule has 0 fully saturated rings. The van der Waals surface area contributed by atoms with E-state index in [1.165, 1.54) is 22.8 Å². The molecule has 0 saturated carbocycles. The Morgan fingerprint density at radius 3 is 1.65 bits per heavy atom. The highest BCUT2D eigenvalue weighted by Crippen LogP contribution is 2.23. The van der Waals surface area contributed by atoms with Gasteiger partial charge in [-0.15, -0.1) is 12.6 Å². The van der Waals surface area contributed by atoms with E-state index in [9.17, 15) is 0 Å². The lowest BCUT2D eigenvalue weighted by molar-refractivity contribution is -0.751. The fourth-order valence-corrected chi connectivity index (χ4v) is 4.25. The van der Waals surface area contributed by atoms with Crippen molar-refractivity contribution < 1.29 is 9.19 Å². The number of hydrogen-bond donors (Lipinski definition) is 0. The first-order valence-electron chi connectivity index (χ1n) is 7.71. The molecular weight excluding hydrogens is 246 g/mol. The first-order chi connectivity index (χ1) is 9.46. The molecule has 2 aromatic rings. The molecule has 0 N–H and O–H groups in total. The van der Waals surface area contributed by atoms with Crippen molar-refractivity contribution in [1.29, 1.82) is 0 Å². The molecule has 106 valence electrons. The van der Waals surface area contributed by atoms with Crippen molar-refractivity contribution in [3.05, 3.63) is 34.9 Å². The van der Waals surface area contributed by atoms with Crippen LogP contribution in [0.2, 0.25) is 12.6 Å². The van der Waals surface area contributed by atoms with E-state index in [0.29, 0.717) is 0 Å². The molecule has 0 unspecified atom stereocenters. The van der Waals surface area contributed by atoms with Crippen LogP contribution in [-0.2, 0) is 0 Å². The van der Waals surface area contributed by atoms with Gasteiger partial charge >= 0.3 is 7.55 Å². The normalized spacial score (nSPS) is 16.1. The molecule has 1 aliphatic heterocycles. The zero-order valence-electron chi connectivity index (χ0n) is 13.5. The highest BCUT2D eigenvalue weighted by atomic mass is 15.5. The van der Waals surface area contributed by atoms with Crippen LogP contribution in [-0.4, -0.2) is 23.2 Å². The van der Waals surface area contributed by atoms with Crippen LogP contribution in [0.4, 0.5) is 0 Å². The second-order valence-electron chi connectivity index (χ2n) is 6.30. The zero-order chi connectivity index (χ0) is 14.7. The Morgan fingerprint density at radius 2 is 1.30 bits per heavy atom. The van der Waals surface area contributed by atoms with Crippen LogP contribution in [0.3, 0.4) is 0 Å². The average molecular weight is 270 g/mol. The van der Waals surface area contributed by atoms with Crippen molar-refractivity contribution in [1.82, 2.24) is 9.19 Å². The Morgan fingerprint density at radius 1 is 0.900 bits per heavy atom. The number of hydrogen-bond acceptors (Lipinski definition) is 0. The van der Waals surface area contributed by atoms with Gasteiger partial charge in [-0.2, -0.15) is 0 Å². The second-order valence-corrected chi connectivity index (χ2v) is 6.30. The molecule has 0 saturated heterocycles. The van der Waals surface area contributed by atoms with Gasteiger partial charge < -0.3 is 18.4 Å². The quantitative estimate of drug-likeness (QED) is 0.730. The molecular formula is C14H24B2N4. The Labute approximate surface area is 122 Å². The van der Waals surface area contributed by atoms with E-state index in [-0.39, 0.29) is 0 Å². The van der Waals surface area contributed by atoms with Gasteiger partial charge in [0, 0.05) is 37.4 Å². The average Bonchev–Trinajstić information content (AvgIpc) is 2.87. The third-order valence-corrected chi connectivity index (χ3v) is 5.18. The highest BCUT2D eigenvalue weighted by molar-refractivity contribution is 6.76. The van der Waals surface area contributed by atoms with Gasteiger partial charge in [0.05, 0.1) is 0 Å². The predicted molar refractivity (Wildman–Crippen MR) is 82.3 cm³/mol. The Kier molecular flexibility index (Phi) is 2.89. The molecule has 3 heterocycles. The minimum atomic E-state index is -0.818. The molecule has 3 rings (SSSR count). The van der Waals surface area contributed by atoms with Crippen LogP contribution >= 0.6 is 0 Å². The van der Waals surface area contributed by atoms with Gasteiger partial charge in [-0.05, 0) is 13.8 Å². The summed E-state index contributed by atoms with van der Waals surface area (Å²) < 4.78 is 9.69. The lowest BCUT2D eigenvalue weighted by atomic mass is 9.41. The van der Waals surface area contributed by atoms with Crippen LogP contribution in [0, 0.1) is 27.7 Å².